The Morgan fingerprint density at radius 2 is 1.69 bits per heavy atom. The Balaban J connectivity index is 1.54. The van der Waals surface area contributed by atoms with Crippen LogP contribution >= 0.6 is 0 Å². The van der Waals surface area contributed by atoms with E-state index in [1.165, 1.54) is 24.1 Å². The number of pyridine rings is 1. The van der Waals surface area contributed by atoms with Gasteiger partial charge in [-0.2, -0.15) is 0 Å². The number of hydrogen-bond donors (Lipinski definition) is 0. The van der Waals surface area contributed by atoms with Crippen molar-refractivity contribution in [2.24, 2.45) is 0 Å². The van der Waals surface area contributed by atoms with Gasteiger partial charge in [-0.1, -0.05) is 6.07 Å². The molecule has 2 aliphatic rings. The van der Waals surface area contributed by atoms with Crippen LogP contribution in [0.2, 0.25) is 0 Å². The number of hydrogen-bond acceptors (Lipinski definition) is 6. The third kappa shape index (κ3) is 3.65. The summed E-state index contributed by atoms with van der Waals surface area (Å²) in [6, 6.07) is 8.73. The van der Waals surface area contributed by atoms with Crippen LogP contribution in [-0.4, -0.2) is 54.3 Å². The Labute approximate surface area is 171 Å². The molecule has 0 radical (unpaired) electrons. The monoisotopic (exact) mass is 389 g/mol. The van der Waals surface area contributed by atoms with Crippen LogP contribution in [0.15, 0.2) is 36.7 Å². The molecule has 4 heterocycles. The van der Waals surface area contributed by atoms with Crippen LogP contribution in [0.25, 0.3) is 22.3 Å². The Morgan fingerprint density at radius 3 is 2.55 bits per heavy atom. The molecule has 6 heteroatoms. The molecule has 2 saturated heterocycles. The van der Waals surface area contributed by atoms with E-state index in [4.69, 9.17) is 9.72 Å². The van der Waals surface area contributed by atoms with E-state index in [0.29, 0.717) is 0 Å². The lowest BCUT2D eigenvalue weighted by Gasteiger charge is -2.24. The minimum Gasteiger partial charge on any atom is -0.380 e. The van der Waals surface area contributed by atoms with Crippen LogP contribution in [0.1, 0.15) is 24.8 Å². The summed E-state index contributed by atoms with van der Waals surface area (Å²) in [5, 5.41) is 0. The number of anilines is 2. The van der Waals surface area contributed by atoms with Gasteiger partial charge in [-0.25, -0.2) is 9.97 Å². The molecule has 5 rings (SSSR count). The normalized spacial score (nSPS) is 17.7. The molecule has 150 valence electrons. The molecule has 6 nitrogen and oxygen atoms in total. The molecule has 0 bridgehead atoms. The Morgan fingerprint density at radius 1 is 0.862 bits per heavy atom. The van der Waals surface area contributed by atoms with Gasteiger partial charge in [-0.3, -0.25) is 4.98 Å². The number of nitrogens with zero attached hydrogens (tertiary/aromatic N) is 5. The van der Waals surface area contributed by atoms with Crippen molar-refractivity contribution in [1.82, 2.24) is 15.0 Å². The number of ether oxygens (including phenoxy) is 1. The number of fused-ring (bicyclic) bond motifs is 1. The standard InChI is InChI=1S/C23H27N5O/c1-17-15-18(5-6-21(17)27-11-4-13-29-14-12-27)19-16-20-22(25-8-7-24-20)23(26-19)28-9-2-3-10-28/h5-8,15-16H,2-4,9-14H2,1H3. The van der Waals surface area contributed by atoms with Gasteiger partial charge in [0.2, 0.25) is 0 Å². The molecule has 0 saturated carbocycles. The average molecular weight is 390 g/mol. The zero-order chi connectivity index (χ0) is 19.6. The molecular formula is C23H27N5O. The van der Waals surface area contributed by atoms with Gasteiger partial charge in [0, 0.05) is 56.4 Å². The maximum absolute atomic E-state index is 5.61. The zero-order valence-corrected chi connectivity index (χ0v) is 17.0. The van der Waals surface area contributed by atoms with Gasteiger partial charge in [0.1, 0.15) is 5.52 Å². The first-order valence-electron chi connectivity index (χ1n) is 10.6. The highest BCUT2D eigenvalue weighted by Crippen LogP contribution is 2.32. The molecule has 2 aromatic heterocycles. The summed E-state index contributed by atoms with van der Waals surface area (Å²) in [4.78, 5) is 19.0. The second kappa shape index (κ2) is 7.95. The first kappa shape index (κ1) is 18.3. The minimum absolute atomic E-state index is 0.797. The smallest absolute Gasteiger partial charge is 0.157 e. The van der Waals surface area contributed by atoms with Crippen LogP contribution in [0, 0.1) is 6.92 Å². The number of aromatic nitrogens is 3. The molecule has 3 aromatic rings. The number of benzene rings is 1. The van der Waals surface area contributed by atoms with Crippen molar-refractivity contribution in [2.45, 2.75) is 26.2 Å². The van der Waals surface area contributed by atoms with E-state index in [1.54, 1.807) is 12.4 Å². The minimum atomic E-state index is 0.797. The third-order valence-electron chi connectivity index (χ3n) is 5.90. The maximum atomic E-state index is 5.61. The molecule has 0 unspecified atom stereocenters. The van der Waals surface area contributed by atoms with Gasteiger partial charge in [0.25, 0.3) is 0 Å². The fraction of sp³-hybridized carbons (Fsp3) is 0.435. The summed E-state index contributed by atoms with van der Waals surface area (Å²) in [6.45, 7) is 7.91. The van der Waals surface area contributed by atoms with Crippen molar-refractivity contribution in [3.05, 3.63) is 42.2 Å². The van der Waals surface area contributed by atoms with E-state index >= 15 is 0 Å². The van der Waals surface area contributed by atoms with E-state index in [9.17, 15) is 0 Å². The lowest BCUT2D eigenvalue weighted by molar-refractivity contribution is 0.152. The lowest BCUT2D eigenvalue weighted by atomic mass is 10.0. The highest BCUT2D eigenvalue weighted by atomic mass is 16.5. The van der Waals surface area contributed by atoms with Gasteiger partial charge in [-0.05, 0) is 49.9 Å². The molecule has 0 N–H and O–H groups in total. The number of aryl methyl sites for hydroxylation is 1. The van der Waals surface area contributed by atoms with Gasteiger partial charge in [-0.15, -0.1) is 0 Å². The van der Waals surface area contributed by atoms with E-state index in [-0.39, 0.29) is 0 Å². The second-order valence-electron chi connectivity index (χ2n) is 7.90. The topological polar surface area (TPSA) is 54.4 Å². The van der Waals surface area contributed by atoms with E-state index in [2.05, 4.69) is 51.0 Å². The number of rotatable bonds is 3. The zero-order valence-electron chi connectivity index (χ0n) is 17.0. The first-order valence-corrected chi connectivity index (χ1v) is 10.6. The largest absolute Gasteiger partial charge is 0.380 e. The lowest BCUT2D eigenvalue weighted by Crippen LogP contribution is -2.26. The highest BCUT2D eigenvalue weighted by Gasteiger charge is 2.20. The molecule has 0 atom stereocenters. The van der Waals surface area contributed by atoms with Crippen LogP contribution < -0.4 is 9.80 Å². The molecular weight excluding hydrogens is 362 g/mol. The molecule has 0 spiro atoms. The van der Waals surface area contributed by atoms with Crippen molar-refractivity contribution in [2.75, 3.05) is 49.2 Å². The molecule has 2 aliphatic heterocycles. The van der Waals surface area contributed by atoms with Crippen LogP contribution in [0.5, 0.6) is 0 Å². The Hall–Kier alpha value is -2.73. The summed E-state index contributed by atoms with van der Waals surface area (Å²) in [6.07, 6.45) is 7.01. The maximum Gasteiger partial charge on any atom is 0.157 e. The molecule has 0 aliphatic carbocycles. The summed E-state index contributed by atoms with van der Waals surface area (Å²) < 4.78 is 5.61. The molecule has 0 amide bonds. The van der Waals surface area contributed by atoms with E-state index in [1.807, 2.05) is 0 Å². The van der Waals surface area contributed by atoms with Crippen LogP contribution in [0.4, 0.5) is 11.5 Å². The Kier molecular flexibility index (Phi) is 5.02. The summed E-state index contributed by atoms with van der Waals surface area (Å²) in [5.41, 5.74) is 6.47. The first-order chi connectivity index (χ1) is 14.3. The predicted molar refractivity (Wildman–Crippen MR) is 117 cm³/mol. The van der Waals surface area contributed by atoms with E-state index < -0.39 is 0 Å². The quantitative estimate of drug-likeness (QED) is 0.679. The van der Waals surface area contributed by atoms with Gasteiger partial charge in [0.15, 0.2) is 5.82 Å². The summed E-state index contributed by atoms with van der Waals surface area (Å²) in [7, 11) is 0. The predicted octanol–water partition coefficient (Wildman–Crippen LogP) is 3.83. The highest BCUT2D eigenvalue weighted by molar-refractivity contribution is 5.89. The van der Waals surface area contributed by atoms with Crippen molar-refractivity contribution in [1.29, 1.82) is 0 Å². The summed E-state index contributed by atoms with van der Waals surface area (Å²) >= 11 is 0. The molecule has 1 aromatic carbocycles. The summed E-state index contributed by atoms with van der Waals surface area (Å²) in [5.74, 6) is 0.967. The SMILES string of the molecule is Cc1cc(-c2cc3nccnc3c(N3CCCC3)n2)ccc1N1CCCOCC1. The fourth-order valence-corrected chi connectivity index (χ4v) is 4.41. The van der Waals surface area contributed by atoms with Crippen molar-refractivity contribution in [3.63, 3.8) is 0 Å². The third-order valence-corrected chi connectivity index (χ3v) is 5.90. The van der Waals surface area contributed by atoms with Crippen LogP contribution in [-0.2, 0) is 4.74 Å². The second-order valence-corrected chi connectivity index (χ2v) is 7.90. The average Bonchev–Trinajstić information content (AvgIpc) is 3.16. The van der Waals surface area contributed by atoms with Crippen molar-refractivity contribution in [3.8, 4) is 11.3 Å². The van der Waals surface area contributed by atoms with Gasteiger partial charge < -0.3 is 14.5 Å². The molecule has 2 fully saturated rings. The molecule has 29 heavy (non-hydrogen) atoms. The van der Waals surface area contributed by atoms with Crippen LogP contribution in [0.3, 0.4) is 0 Å². The van der Waals surface area contributed by atoms with Crippen molar-refractivity contribution >= 4 is 22.5 Å². The van der Waals surface area contributed by atoms with Crippen molar-refractivity contribution < 1.29 is 4.74 Å². The van der Waals surface area contributed by atoms with Gasteiger partial charge >= 0.3 is 0 Å². The van der Waals surface area contributed by atoms with Gasteiger partial charge in [0.05, 0.1) is 17.8 Å². The van der Waals surface area contributed by atoms with E-state index in [0.717, 1.165) is 73.9 Å². The fourth-order valence-electron chi connectivity index (χ4n) is 4.41. The Bertz CT molecular complexity index is 1010.